The molecule has 1 N–H and O–H groups in total. The molecule has 0 aliphatic carbocycles. The molecule has 0 unspecified atom stereocenters. The lowest BCUT2D eigenvalue weighted by molar-refractivity contribution is 0.0120. The first-order valence-electron chi connectivity index (χ1n) is 13.8. The van der Waals surface area contributed by atoms with Crippen LogP contribution >= 0.6 is 0 Å². The van der Waals surface area contributed by atoms with Gasteiger partial charge in [0, 0.05) is 69.3 Å². The highest BCUT2D eigenvalue weighted by Gasteiger charge is 2.33. The minimum absolute atomic E-state index is 0.0161. The van der Waals surface area contributed by atoms with Gasteiger partial charge < -0.3 is 38.6 Å². The van der Waals surface area contributed by atoms with E-state index in [4.69, 9.17) is 28.4 Å². The molecule has 0 aromatic heterocycles. The number of rotatable bonds is 13. The molecule has 2 aliphatic rings. The van der Waals surface area contributed by atoms with Crippen LogP contribution in [0.3, 0.4) is 0 Å². The molecular weight excluding hydrogens is 500 g/mol. The third-order valence-electron chi connectivity index (χ3n) is 7.06. The van der Waals surface area contributed by atoms with Gasteiger partial charge in [-0.1, -0.05) is 12.1 Å². The van der Waals surface area contributed by atoms with E-state index in [1.165, 1.54) is 0 Å². The number of benzene rings is 2. The minimum Gasteiger partial charge on any atom is -0.493 e. The largest absolute Gasteiger partial charge is 0.493 e. The Morgan fingerprint density at radius 2 is 1.92 bits per heavy atom. The normalized spacial score (nSPS) is 18.6. The second-order valence-corrected chi connectivity index (χ2v) is 10.2. The van der Waals surface area contributed by atoms with E-state index in [0.717, 1.165) is 43.0 Å². The van der Waals surface area contributed by atoms with Gasteiger partial charge in [0.15, 0.2) is 23.0 Å². The lowest BCUT2D eigenvalue weighted by atomic mass is 10.0. The van der Waals surface area contributed by atoms with Crippen molar-refractivity contribution in [2.75, 3.05) is 60.3 Å². The van der Waals surface area contributed by atoms with Crippen LogP contribution in [0.25, 0.3) is 0 Å². The molecule has 1 saturated heterocycles. The van der Waals surface area contributed by atoms with E-state index in [0.29, 0.717) is 56.6 Å². The van der Waals surface area contributed by atoms with Gasteiger partial charge in [0.2, 0.25) is 0 Å². The second kappa shape index (κ2) is 14.4. The Bertz CT molecular complexity index is 1080. The first kappa shape index (κ1) is 29.0. The zero-order valence-corrected chi connectivity index (χ0v) is 23.6. The fourth-order valence-electron chi connectivity index (χ4n) is 4.91. The van der Waals surface area contributed by atoms with Crippen molar-refractivity contribution in [2.24, 2.45) is 5.92 Å². The summed E-state index contributed by atoms with van der Waals surface area (Å²) >= 11 is 0. The van der Waals surface area contributed by atoms with E-state index in [1.54, 1.807) is 32.4 Å². The third kappa shape index (κ3) is 7.56. The number of para-hydroxylation sites is 1. The molecule has 9 nitrogen and oxygen atoms in total. The van der Waals surface area contributed by atoms with Crippen LogP contribution in [0.2, 0.25) is 0 Å². The minimum atomic E-state index is -0.0426. The van der Waals surface area contributed by atoms with Crippen molar-refractivity contribution >= 4 is 5.91 Å². The van der Waals surface area contributed by atoms with Crippen LogP contribution in [0, 0.1) is 5.92 Å². The lowest BCUT2D eigenvalue weighted by Crippen LogP contribution is -2.43. The third-order valence-corrected chi connectivity index (χ3v) is 7.06. The number of methoxy groups -OCH3 is 2. The molecule has 39 heavy (non-hydrogen) atoms. The smallest absolute Gasteiger partial charge is 0.254 e. The summed E-state index contributed by atoms with van der Waals surface area (Å²) in [6.45, 7) is 8.97. The Labute approximate surface area is 231 Å². The number of hydrogen-bond acceptors (Lipinski definition) is 8. The fourth-order valence-corrected chi connectivity index (χ4v) is 4.91. The molecule has 2 aliphatic heterocycles. The molecule has 2 atom stereocenters. The summed E-state index contributed by atoms with van der Waals surface area (Å²) in [5, 5.41) is 3.45. The summed E-state index contributed by atoms with van der Waals surface area (Å²) in [4.78, 5) is 15.6. The average molecular weight is 543 g/mol. The number of carbonyl (C=O) groups is 1. The molecule has 4 rings (SSSR count). The van der Waals surface area contributed by atoms with Crippen molar-refractivity contribution < 1.29 is 33.2 Å². The second-order valence-electron chi connectivity index (χ2n) is 10.2. The first-order chi connectivity index (χ1) is 19.0. The number of amides is 1. The maximum absolute atomic E-state index is 13.7. The quantitative estimate of drug-likeness (QED) is 0.381. The molecule has 9 heteroatoms. The summed E-state index contributed by atoms with van der Waals surface area (Å²) in [5.41, 5.74) is 1.55. The molecule has 1 fully saturated rings. The molecule has 0 spiro atoms. The number of ether oxygens (including phenoxy) is 6. The number of carbonyl (C=O) groups excluding carboxylic acids is 1. The number of fused-ring (bicyclic) bond motifs is 1. The highest BCUT2D eigenvalue weighted by Crippen LogP contribution is 2.34. The highest BCUT2D eigenvalue weighted by atomic mass is 16.5. The van der Waals surface area contributed by atoms with Gasteiger partial charge in [0.05, 0.1) is 39.6 Å². The highest BCUT2D eigenvalue weighted by molar-refractivity contribution is 5.95. The maximum atomic E-state index is 13.7. The molecule has 2 aromatic rings. The van der Waals surface area contributed by atoms with Crippen molar-refractivity contribution in [3.8, 4) is 23.0 Å². The Hall–Kier alpha value is -3.01. The van der Waals surface area contributed by atoms with E-state index >= 15 is 0 Å². The van der Waals surface area contributed by atoms with Gasteiger partial charge in [-0.05, 0) is 38.1 Å². The van der Waals surface area contributed by atoms with Gasteiger partial charge in [-0.15, -0.1) is 0 Å². The van der Waals surface area contributed by atoms with Crippen LogP contribution < -0.4 is 24.3 Å². The number of hydrogen-bond donors (Lipinski definition) is 1. The van der Waals surface area contributed by atoms with Crippen molar-refractivity contribution in [1.29, 1.82) is 0 Å². The zero-order valence-electron chi connectivity index (χ0n) is 23.6. The molecule has 0 saturated carbocycles. The molecule has 0 bridgehead atoms. The monoisotopic (exact) mass is 542 g/mol. The van der Waals surface area contributed by atoms with Crippen LogP contribution in [0.15, 0.2) is 36.4 Å². The van der Waals surface area contributed by atoms with E-state index in [1.807, 2.05) is 36.9 Å². The van der Waals surface area contributed by atoms with Gasteiger partial charge in [-0.2, -0.15) is 0 Å². The van der Waals surface area contributed by atoms with Crippen LogP contribution in [-0.2, 0) is 16.1 Å². The summed E-state index contributed by atoms with van der Waals surface area (Å²) in [5.74, 6) is 2.81. The van der Waals surface area contributed by atoms with Crippen LogP contribution in [0.1, 0.15) is 42.6 Å². The Kier molecular flexibility index (Phi) is 10.7. The Balaban J connectivity index is 1.42. The van der Waals surface area contributed by atoms with E-state index < -0.39 is 0 Å². The van der Waals surface area contributed by atoms with Gasteiger partial charge in [0.25, 0.3) is 5.91 Å². The average Bonchev–Trinajstić information content (AvgIpc) is 3.25. The van der Waals surface area contributed by atoms with Crippen molar-refractivity contribution in [3.63, 3.8) is 0 Å². The van der Waals surface area contributed by atoms with Crippen LogP contribution in [0.4, 0.5) is 0 Å². The summed E-state index contributed by atoms with van der Waals surface area (Å²) in [7, 11) is 3.26. The predicted octanol–water partition coefficient (Wildman–Crippen LogP) is 3.93. The topological polar surface area (TPSA) is 87.7 Å². The number of nitrogens with zero attached hydrogens (tertiary/aromatic N) is 1. The molecule has 2 aromatic carbocycles. The van der Waals surface area contributed by atoms with Gasteiger partial charge in [-0.25, -0.2) is 0 Å². The lowest BCUT2D eigenvalue weighted by Gasteiger charge is -2.31. The molecular formula is C30H42N2O7. The first-order valence-corrected chi connectivity index (χ1v) is 13.8. The Morgan fingerprint density at radius 3 is 2.72 bits per heavy atom. The fraction of sp³-hybridized carbons (Fsp3) is 0.567. The summed E-state index contributed by atoms with van der Waals surface area (Å²) in [6, 6.07) is 11.3. The van der Waals surface area contributed by atoms with Gasteiger partial charge in [-0.3, -0.25) is 4.79 Å². The standard InChI is InChI=1S/C30H42N2O7/c1-21(2)32(30(33)22-10-11-25(35-4)27(16-22)37-13-6-12-34-3)19-24-17-31-18-28(24)39-20-23-8-5-9-26-29(23)38-15-7-14-36-26/h5,8-11,16,21,24,28,31H,6-7,12-15,17-20H2,1-4H3/t24-,28+/m0/s1. The summed E-state index contributed by atoms with van der Waals surface area (Å²) in [6.07, 6.45) is 1.58. The number of nitrogens with one attached hydrogen (secondary N) is 1. The van der Waals surface area contributed by atoms with E-state index in [-0.39, 0.29) is 24.0 Å². The molecule has 214 valence electrons. The molecule has 0 radical (unpaired) electrons. The van der Waals surface area contributed by atoms with Crippen molar-refractivity contribution in [1.82, 2.24) is 10.2 Å². The van der Waals surface area contributed by atoms with Gasteiger partial charge in [0.1, 0.15) is 0 Å². The maximum Gasteiger partial charge on any atom is 0.254 e. The predicted molar refractivity (Wildman–Crippen MR) is 148 cm³/mol. The van der Waals surface area contributed by atoms with Crippen LogP contribution in [0.5, 0.6) is 23.0 Å². The molecule has 1 amide bonds. The van der Waals surface area contributed by atoms with Crippen molar-refractivity contribution in [3.05, 3.63) is 47.5 Å². The van der Waals surface area contributed by atoms with E-state index in [9.17, 15) is 4.79 Å². The summed E-state index contributed by atoms with van der Waals surface area (Å²) < 4.78 is 34.7. The van der Waals surface area contributed by atoms with E-state index in [2.05, 4.69) is 5.32 Å². The van der Waals surface area contributed by atoms with Crippen molar-refractivity contribution in [2.45, 2.75) is 45.4 Å². The van der Waals surface area contributed by atoms with Gasteiger partial charge >= 0.3 is 0 Å². The zero-order chi connectivity index (χ0) is 27.6. The SMILES string of the molecule is COCCCOc1cc(C(=O)N(C[C@@H]2CNC[C@H]2OCc2cccc3c2OCCCO3)C(C)C)ccc1OC. The van der Waals surface area contributed by atoms with Crippen LogP contribution in [-0.4, -0.2) is 83.2 Å². The molecule has 2 heterocycles. The Morgan fingerprint density at radius 1 is 1.08 bits per heavy atom.